The van der Waals surface area contributed by atoms with Crippen molar-refractivity contribution in [1.82, 2.24) is 15.2 Å². The number of rotatable bonds is 7. The van der Waals surface area contributed by atoms with Crippen LogP contribution in [-0.4, -0.2) is 26.8 Å². The van der Waals surface area contributed by atoms with Gasteiger partial charge in [0.2, 0.25) is 11.0 Å². The van der Waals surface area contributed by atoms with Crippen molar-refractivity contribution in [3.8, 4) is 0 Å². The standard InChI is InChI=1S/C22H16FN5OS4/c23-16-7-5-12(14-3-1-2-4-15(14)16)10-30-21-26-17-8-6-13(9-18(17)32-21)25-19(29)11-31-22-28-27-20(24)33-22/h1-9H,10-11H2,(H2,24,27)(H,25,29). The second kappa shape index (κ2) is 9.64. The Kier molecular flexibility index (Phi) is 6.45. The molecule has 3 N–H and O–H groups in total. The van der Waals surface area contributed by atoms with E-state index >= 15 is 0 Å². The van der Waals surface area contributed by atoms with Crippen molar-refractivity contribution in [1.29, 1.82) is 0 Å². The van der Waals surface area contributed by atoms with E-state index in [1.165, 1.54) is 29.2 Å². The smallest absolute Gasteiger partial charge is 0.234 e. The van der Waals surface area contributed by atoms with Gasteiger partial charge in [-0.3, -0.25) is 4.79 Å². The van der Waals surface area contributed by atoms with Crippen molar-refractivity contribution in [3.05, 3.63) is 66.0 Å². The third-order valence-electron chi connectivity index (χ3n) is 4.71. The summed E-state index contributed by atoms with van der Waals surface area (Å²) in [7, 11) is 0. The summed E-state index contributed by atoms with van der Waals surface area (Å²) in [5.41, 5.74) is 8.22. The van der Waals surface area contributed by atoms with Gasteiger partial charge in [-0.2, -0.15) is 0 Å². The molecule has 0 saturated heterocycles. The fraction of sp³-hybridized carbons (Fsp3) is 0.0909. The molecule has 33 heavy (non-hydrogen) atoms. The molecule has 6 nitrogen and oxygen atoms in total. The van der Waals surface area contributed by atoms with Crippen LogP contribution in [0.2, 0.25) is 0 Å². The molecule has 11 heteroatoms. The molecule has 0 atom stereocenters. The van der Waals surface area contributed by atoms with Gasteiger partial charge in [0.1, 0.15) is 5.82 Å². The predicted molar refractivity (Wildman–Crippen MR) is 137 cm³/mol. The highest BCUT2D eigenvalue weighted by atomic mass is 32.2. The summed E-state index contributed by atoms with van der Waals surface area (Å²) >= 11 is 5.74. The number of thiazole rings is 1. The quantitative estimate of drug-likeness (QED) is 0.256. The third kappa shape index (κ3) is 5.11. The number of nitrogens with two attached hydrogens (primary N) is 1. The van der Waals surface area contributed by atoms with E-state index in [0.29, 0.717) is 20.6 Å². The SMILES string of the molecule is Nc1nnc(SCC(=O)Nc2ccc3nc(SCc4ccc(F)c5ccccc45)sc3c2)s1. The highest BCUT2D eigenvalue weighted by Crippen LogP contribution is 2.34. The van der Waals surface area contributed by atoms with E-state index in [1.54, 1.807) is 29.2 Å². The van der Waals surface area contributed by atoms with E-state index < -0.39 is 0 Å². The van der Waals surface area contributed by atoms with Crippen LogP contribution in [-0.2, 0) is 10.5 Å². The number of halogens is 1. The van der Waals surface area contributed by atoms with Crippen LogP contribution in [0.5, 0.6) is 0 Å². The lowest BCUT2D eigenvalue weighted by Crippen LogP contribution is -2.13. The number of fused-ring (bicyclic) bond motifs is 2. The first kappa shape index (κ1) is 22.1. The van der Waals surface area contributed by atoms with Crippen LogP contribution in [0.3, 0.4) is 0 Å². The molecule has 1 amide bonds. The van der Waals surface area contributed by atoms with E-state index in [0.717, 1.165) is 31.2 Å². The Bertz CT molecular complexity index is 1470. The minimum atomic E-state index is -0.209. The number of nitrogen functional groups attached to an aromatic ring is 1. The second-order valence-electron chi connectivity index (χ2n) is 6.95. The summed E-state index contributed by atoms with van der Waals surface area (Å²) in [4.78, 5) is 17.0. The lowest BCUT2D eigenvalue weighted by atomic mass is 10.1. The molecule has 0 bridgehead atoms. The molecular weight excluding hydrogens is 498 g/mol. The molecule has 0 aliphatic heterocycles. The summed E-state index contributed by atoms with van der Waals surface area (Å²) in [5, 5.41) is 12.5. The van der Waals surface area contributed by atoms with Crippen LogP contribution in [0.15, 0.2) is 63.3 Å². The van der Waals surface area contributed by atoms with E-state index in [-0.39, 0.29) is 17.5 Å². The highest BCUT2D eigenvalue weighted by Gasteiger charge is 2.11. The molecule has 2 heterocycles. The number of nitrogens with one attached hydrogen (secondary N) is 1. The molecule has 5 rings (SSSR count). The van der Waals surface area contributed by atoms with Gasteiger partial charge in [0.05, 0.1) is 16.0 Å². The van der Waals surface area contributed by atoms with Crippen LogP contribution in [0.4, 0.5) is 15.2 Å². The lowest BCUT2D eigenvalue weighted by Gasteiger charge is -2.06. The van der Waals surface area contributed by atoms with Crippen molar-refractivity contribution in [2.24, 2.45) is 0 Å². The van der Waals surface area contributed by atoms with E-state index in [2.05, 4.69) is 20.5 Å². The fourth-order valence-electron chi connectivity index (χ4n) is 3.24. The minimum absolute atomic E-state index is 0.129. The van der Waals surface area contributed by atoms with E-state index in [9.17, 15) is 9.18 Å². The first-order valence-corrected chi connectivity index (χ1v) is 13.4. The predicted octanol–water partition coefficient (Wildman–Crippen LogP) is 6.05. The zero-order valence-corrected chi connectivity index (χ0v) is 20.2. The van der Waals surface area contributed by atoms with Crippen LogP contribution in [0.25, 0.3) is 21.0 Å². The molecule has 0 radical (unpaired) electrons. The van der Waals surface area contributed by atoms with Crippen molar-refractivity contribution < 1.29 is 9.18 Å². The van der Waals surface area contributed by atoms with Gasteiger partial charge < -0.3 is 11.1 Å². The van der Waals surface area contributed by atoms with Gasteiger partial charge in [-0.15, -0.1) is 21.5 Å². The van der Waals surface area contributed by atoms with Gasteiger partial charge in [0.25, 0.3) is 0 Å². The monoisotopic (exact) mass is 513 g/mol. The normalized spacial score (nSPS) is 11.3. The van der Waals surface area contributed by atoms with Gasteiger partial charge in [-0.1, -0.05) is 65.2 Å². The Morgan fingerprint density at radius 1 is 1.00 bits per heavy atom. The molecule has 0 unspecified atom stereocenters. The van der Waals surface area contributed by atoms with Crippen LogP contribution in [0.1, 0.15) is 5.56 Å². The summed E-state index contributed by atoms with van der Waals surface area (Å²) in [6, 6.07) is 16.5. The first-order chi connectivity index (χ1) is 16.0. The van der Waals surface area contributed by atoms with E-state index in [1.807, 2.05) is 42.5 Å². The van der Waals surface area contributed by atoms with Crippen molar-refractivity contribution in [2.45, 2.75) is 14.4 Å². The summed E-state index contributed by atoms with van der Waals surface area (Å²) in [5.74, 6) is 0.579. The highest BCUT2D eigenvalue weighted by molar-refractivity contribution is 8.01. The van der Waals surface area contributed by atoms with Gasteiger partial charge in [-0.25, -0.2) is 9.37 Å². The Morgan fingerprint density at radius 3 is 2.67 bits per heavy atom. The van der Waals surface area contributed by atoms with Gasteiger partial charge in [0.15, 0.2) is 8.68 Å². The lowest BCUT2D eigenvalue weighted by molar-refractivity contribution is -0.113. The second-order valence-corrected chi connectivity index (χ2v) is 11.4. The number of carbonyl (C=O) groups excluding carboxylic acids is 1. The van der Waals surface area contributed by atoms with Crippen molar-refractivity contribution in [3.63, 3.8) is 0 Å². The Balaban J connectivity index is 1.25. The number of benzene rings is 3. The molecule has 0 saturated carbocycles. The third-order valence-corrected chi connectivity index (χ3v) is 8.81. The van der Waals surface area contributed by atoms with Gasteiger partial charge in [0, 0.05) is 16.8 Å². The molecule has 3 aromatic carbocycles. The number of carbonyl (C=O) groups is 1. The molecule has 0 fully saturated rings. The summed E-state index contributed by atoms with van der Waals surface area (Å²) in [6.45, 7) is 0. The Hall–Kier alpha value is -2.73. The fourth-order valence-corrected chi connectivity index (χ4v) is 6.78. The zero-order chi connectivity index (χ0) is 22.8. The minimum Gasteiger partial charge on any atom is -0.374 e. The molecule has 166 valence electrons. The average Bonchev–Trinajstić information content (AvgIpc) is 3.42. The molecule has 0 aliphatic rings. The van der Waals surface area contributed by atoms with Crippen LogP contribution >= 0.6 is 46.2 Å². The average molecular weight is 514 g/mol. The van der Waals surface area contributed by atoms with Crippen LogP contribution < -0.4 is 11.1 Å². The van der Waals surface area contributed by atoms with Gasteiger partial charge >= 0.3 is 0 Å². The molecule has 0 aliphatic carbocycles. The van der Waals surface area contributed by atoms with Crippen LogP contribution in [0, 0.1) is 5.82 Å². The summed E-state index contributed by atoms with van der Waals surface area (Å²) in [6.07, 6.45) is 0. The largest absolute Gasteiger partial charge is 0.374 e. The molecule has 2 aromatic heterocycles. The Labute approximate surface area is 204 Å². The number of hydrogen-bond acceptors (Lipinski definition) is 9. The number of nitrogens with zero attached hydrogens (tertiary/aromatic N) is 3. The number of thioether (sulfide) groups is 2. The number of aromatic nitrogens is 3. The molecular formula is C22H16FN5OS4. The topological polar surface area (TPSA) is 93.8 Å². The first-order valence-electron chi connectivity index (χ1n) is 9.76. The summed E-state index contributed by atoms with van der Waals surface area (Å²) < 4.78 is 16.6. The van der Waals surface area contributed by atoms with Gasteiger partial charge in [-0.05, 0) is 35.2 Å². The number of hydrogen-bond donors (Lipinski definition) is 2. The maximum absolute atomic E-state index is 14.1. The molecule has 5 aromatic rings. The van der Waals surface area contributed by atoms with Crippen molar-refractivity contribution >= 4 is 83.9 Å². The maximum Gasteiger partial charge on any atom is 0.234 e. The van der Waals surface area contributed by atoms with E-state index in [4.69, 9.17) is 5.73 Å². The number of amides is 1. The maximum atomic E-state index is 14.1. The molecule has 0 spiro atoms. The zero-order valence-electron chi connectivity index (χ0n) is 16.9. The van der Waals surface area contributed by atoms with Crippen molar-refractivity contribution in [2.75, 3.05) is 16.8 Å². The number of anilines is 2. The Morgan fingerprint density at radius 2 is 1.85 bits per heavy atom.